The minimum Gasteiger partial charge on any atom is -0.465 e. The second-order valence-electron chi connectivity index (χ2n) is 5.19. The number of carbonyl (C=O) groups is 1. The molecule has 0 aromatic heterocycles. The molecule has 0 aromatic rings. The van der Waals surface area contributed by atoms with Gasteiger partial charge in [0.2, 0.25) is 0 Å². The molecule has 2 heterocycles. The Hall–Kier alpha value is -0.700. The first-order valence-corrected chi connectivity index (χ1v) is 8.54. The number of ether oxygens (including phenoxy) is 1. The van der Waals surface area contributed by atoms with Crippen LogP contribution in [0.3, 0.4) is 0 Å². The lowest BCUT2D eigenvalue weighted by atomic mass is 10.2. The van der Waals surface area contributed by atoms with Gasteiger partial charge in [-0.25, -0.2) is 0 Å². The summed E-state index contributed by atoms with van der Waals surface area (Å²) < 4.78 is 33.3. The van der Waals surface area contributed by atoms with E-state index >= 15 is 0 Å². The third-order valence-electron chi connectivity index (χ3n) is 3.80. The maximum atomic E-state index is 12.7. The van der Waals surface area contributed by atoms with Crippen LogP contribution >= 0.6 is 0 Å². The minimum atomic E-state index is -3.60. The lowest BCUT2D eigenvalue weighted by molar-refractivity contribution is -0.147. The monoisotopic (exact) mass is 305 g/mol. The molecule has 2 rings (SSSR count). The fourth-order valence-corrected chi connectivity index (χ4v) is 4.78. The maximum absolute atomic E-state index is 12.7. The van der Waals surface area contributed by atoms with E-state index in [1.807, 2.05) is 6.92 Å². The van der Waals surface area contributed by atoms with Crippen molar-refractivity contribution in [3.05, 3.63) is 0 Å². The quantitative estimate of drug-likeness (QED) is 0.712. The molecule has 0 saturated carbocycles. The molecule has 1 N–H and O–H groups in total. The van der Waals surface area contributed by atoms with Crippen molar-refractivity contribution in [1.82, 2.24) is 13.9 Å². The molecule has 2 atom stereocenters. The Morgan fingerprint density at radius 1 is 1.35 bits per heavy atom. The molecule has 0 aromatic carbocycles. The summed E-state index contributed by atoms with van der Waals surface area (Å²) in [5, 5.41) is 3.17. The zero-order valence-electron chi connectivity index (χ0n) is 12.0. The van der Waals surface area contributed by atoms with E-state index in [4.69, 9.17) is 4.74 Å². The maximum Gasteiger partial charge on any atom is 0.324 e. The second kappa shape index (κ2) is 6.38. The van der Waals surface area contributed by atoms with E-state index < -0.39 is 22.2 Å². The third kappa shape index (κ3) is 2.98. The van der Waals surface area contributed by atoms with E-state index in [2.05, 4.69) is 5.32 Å². The van der Waals surface area contributed by atoms with Gasteiger partial charge in [0, 0.05) is 32.2 Å². The van der Waals surface area contributed by atoms with E-state index in [1.54, 1.807) is 6.92 Å². The molecule has 7 nitrogen and oxygen atoms in total. The highest BCUT2D eigenvalue weighted by atomic mass is 32.2. The van der Waals surface area contributed by atoms with Crippen LogP contribution in [0.5, 0.6) is 0 Å². The van der Waals surface area contributed by atoms with Crippen molar-refractivity contribution in [2.24, 2.45) is 0 Å². The Balaban J connectivity index is 2.17. The summed E-state index contributed by atoms with van der Waals surface area (Å²) in [6, 6.07) is -0.765. The largest absolute Gasteiger partial charge is 0.465 e. The van der Waals surface area contributed by atoms with Gasteiger partial charge in [0.15, 0.2) is 0 Å². The Morgan fingerprint density at radius 2 is 2.10 bits per heavy atom. The van der Waals surface area contributed by atoms with Gasteiger partial charge in [-0.05, 0) is 26.7 Å². The highest BCUT2D eigenvalue weighted by molar-refractivity contribution is 7.86. The second-order valence-corrected chi connectivity index (χ2v) is 7.03. The molecule has 0 bridgehead atoms. The summed E-state index contributed by atoms with van der Waals surface area (Å²) in [5.74, 6) is -0.434. The molecule has 2 fully saturated rings. The molecule has 1 unspecified atom stereocenters. The Bertz CT molecular complexity index is 454. The Morgan fingerprint density at radius 3 is 2.75 bits per heavy atom. The molecule has 116 valence electrons. The smallest absolute Gasteiger partial charge is 0.324 e. The zero-order chi connectivity index (χ0) is 14.8. The van der Waals surface area contributed by atoms with Gasteiger partial charge in [-0.3, -0.25) is 4.79 Å². The van der Waals surface area contributed by atoms with Crippen LogP contribution in [0.4, 0.5) is 0 Å². The Kier molecular flexibility index (Phi) is 5.00. The summed E-state index contributed by atoms with van der Waals surface area (Å²) in [4.78, 5) is 11.9. The fourth-order valence-electron chi connectivity index (χ4n) is 2.79. The highest BCUT2D eigenvalue weighted by Gasteiger charge is 2.43. The predicted molar refractivity (Wildman–Crippen MR) is 74.3 cm³/mol. The topological polar surface area (TPSA) is 79.0 Å². The van der Waals surface area contributed by atoms with E-state index in [-0.39, 0.29) is 12.6 Å². The SMILES string of the molecule is CCOC(=O)C1CCCN1S(=O)(=O)N1CCNC[C@H]1C. The number of nitrogens with zero attached hydrogens (tertiary/aromatic N) is 2. The van der Waals surface area contributed by atoms with Crippen molar-refractivity contribution >= 4 is 16.2 Å². The summed E-state index contributed by atoms with van der Waals surface area (Å²) >= 11 is 0. The molecular weight excluding hydrogens is 282 g/mol. The first-order chi connectivity index (χ1) is 9.48. The van der Waals surface area contributed by atoms with Gasteiger partial charge in [-0.15, -0.1) is 0 Å². The van der Waals surface area contributed by atoms with Crippen molar-refractivity contribution in [3.63, 3.8) is 0 Å². The Labute approximate surface area is 120 Å². The van der Waals surface area contributed by atoms with Gasteiger partial charge < -0.3 is 10.1 Å². The first kappa shape index (κ1) is 15.7. The first-order valence-electron chi connectivity index (χ1n) is 7.14. The molecule has 0 amide bonds. The average Bonchev–Trinajstić information content (AvgIpc) is 2.89. The number of rotatable bonds is 4. The number of carbonyl (C=O) groups excluding carboxylic acids is 1. The van der Waals surface area contributed by atoms with Crippen molar-refractivity contribution in [1.29, 1.82) is 0 Å². The lowest BCUT2D eigenvalue weighted by Crippen LogP contribution is -2.57. The van der Waals surface area contributed by atoms with Crippen LogP contribution in [-0.2, 0) is 19.7 Å². The number of piperazine rings is 1. The summed E-state index contributed by atoms with van der Waals surface area (Å²) in [6.45, 7) is 5.98. The van der Waals surface area contributed by atoms with Crippen LogP contribution < -0.4 is 5.32 Å². The normalized spacial score (nSPS) is 29.5. The van der Waals surface area contributed by atoms with Gasteiger partial charge in [0.25, 0.3) is 10.2 Å². The van der Waals surface area contributed by atoms with Crippen LogP contribution in [0.2, 0.25) is 0 Å². The number of hydrogen-bond donors (Lipinski definition) is 1. The molecule has 8 heteroatoms. The molecule has 2 aliphatic rings. The van der Waals surface area contributed by atoms with Gasteiger partial charge in [0.1, 0.15) is 6.04 Å². The van der Waals surface area contributed by atoms with Crippen molar-refractivity contribution in [3.8, 4) is 0 Å². The number of nitrogens with one attached hydrogen (secondary N) is 1. The molecular formula is C12H23N3O4S. The van der Waals surface area contributed by atoms with Crippen LogP contribution in [-0.4, -0.2) is 67.9 Å². The van der Waals surface area contributed by atoms with E-state index in [1.165, 1.54) is 8.61 Å². The van der Waals surface area contributed by atoms with Crippen molar-refractivity contribution < 1.29 is 17.9 Å². The standard InChI is InChI=1S/C12H23N3O4S/c1-3-19-12(16)11-5-4-7-15(11)20(17,18)14-8-6-13-9-10(14)2/h10-11,13H,3-9H2,1-2H3/t10-,11?/m1/s1. The number of esters is 1. The van der Waals surface area contributed by atoms with Gasteiger partial charge in [0.05, 0.1) is 6.61 Å². The van der Waals surface area contributed by atoms with E-state index in [0.29, 0.717) is 39.0 Å². The highest BCUT2D eigenvalue weighted by Crippen LogP contribution is 2.25. The zero-order valence-corrected chi connectivity index (χ0v) is 12.9. The van der Waals surface area contributed by atoms with Crippen LogP contribution in [0.1, 0.15) is 26.7 Å². The van der Waals surface area contributed by atoms with Crippen molar-refractivity contribution in [2.75, 3.05) is 32.8 Å². The van der Waals surface area contributed by atoms with Crippen LogP contribution in [0.25, 0.3) is 0 Å². The fraction of sp³-hybridized carbons (Fsp3) is 0.917. The molecule has 2 saturated heterocycles. The molecule has 0 radical (unpaired) electrons. The average molecular weight is 305 g/mol. The molecule has 0 spiro atoms. The van der Waals surface area contributed by atoms with E-state index in [0.717, 1.165) is 0 Å². The van der Waals surface area contributed by atoms with Crippen LogP contribution in [0, 0.1) is 0 Å². The summed E-state index contributed by atoms with van der Waals surface area (Å²) in [5.41, 5.74) is 0. The predicted octanol–water partition coefficient (Wildman–Crippen LogP) is -0.448. The van der Waals surface area contributed by atoms with Gasteiger partial charge in [-0.2, -0.15) is 17.0 Å². The molecule has 20 heavy (non-hydrogen) atoms. The van der Waals surface area contributed by atoms with Crippen molar-refractivity contribution in [2.45, 2.75) is 38.8 Å². The summed E-state index contributed by atoms with van der Waals surface area (Å²) in [7, 11) is -3.60. The lowest BCUT2D eigenvalue weighted by Gasteiger charge is -2.36. The van der Waals surface area contributed by atoms with Gasteiger partial charge >= 0.3 is 5.97 Å². The third-order valence-corrected chi connectivity index (χ3v) is 5.96. The molecule has 0 aliphatic carbocycles. The summed E-state index contributed by atoms with van der Waals surface area (Å²) in [6.07, 6.45) is 1.24. The van der Waals surface area contributed by atoms with Gasteiger partial charge in [-0.1, -0.05) is 0 Å². The minimum absolute atomic E-state index is 0.0998. The van der Waals surface area contributed by atoms with E-state index in [9.17, 15) is 13.2 Å². The van der Waals surface area contributed by atoms with Crippen LogP contribution in [0.15, 0.2) is 0 Å². The molecule has 2 aliphatic heterocycles. The number of hydrogen-bond acceptors (Lipinski definition) is 5.